The van der Waals surface area contributed by atoms with Crippen molar-refractivity contribution in [1.29, 1.82) is 0 Å². The van der Waals surface area contributed by atoms with Crippen molar-refractivity contribution in [2.24, 2.45) is 0 Å². The van der Waals surface area contributed by atoms with Gasteiger partial charge in [0.2, 0.25) is 0 Å². The van der Waals surface area contributed by atoms with Crippen LogP contribution in [0.5, 0.6) is 0 Å². The van der Waals surface area contributed by atoms with E-state index in [1.54, 1.807) is 48.6 Å². The van der Waals surface area contributed by atoms with Gasteiger partial charge in [-0.15, -0.1) is 6.58 Å². The summed E-state index contributed by atoms with van der Waals surface area (Å²) in [5, 5.41) is 9.62. The van der Waals surface area contributed by atoms with Gasteiger partial charge in [-0.3, -0.25) is 0 Å². The fourth-order valence-corrected chi connectivity index (χ4v) is 4.29. The van der Waals surface area contributed by atoms with Gasteiger partial charge in [-0.1, -0.05) is 36.4 Å². The van der Waals surface area contributed by atoms with E-state index < -0.39 is 20.7 Å². The SMILES string of the molecule is C=CCC1(S(=O)(=O)c2ccccc2)C=C[C@H](O)C1. The first-order chi connectivity index (χ1) is 8.52. The molecule has 0 saturated heterocycles. The Balaban J connectivity index is 2.50. The average Bonchev–Trinajstić information content (AvgIpc) is 2.74. The second-order valence-electron chi connectivity index (χ2n) is 4.50. The molecule has 1 N–H and O–H groups in total. The standard InChI is InChI=1S/C14H16O3S/c1-2-9-14(10-8-12(15)11-14)18(16,17)13-6-4-3-5-7-13/h2-8,10,12,15H,1,9,11H2/t12-,14?/m0/s1. The molecule has 4 heteroatoms. The van der Waals surface area contributed by atoms with Crippen molar-refractivity contribution in [2.75, 3.05) is 0 Å². The van der Waals surface area contributed by atoms with Crippen molar-refractivity contribution in [3.63, 3.8) is 0 Å². The molecular weight excluding hydrogens is 248 g/mol. The fraction of sp³-hybridized carbons (Fsp3) is 0.286. The number of sulfone groups is 1. The molecule has 1 aromatic carbocycles. The number of hydrogen-bond donors (Lipinski definition) is 1. The van der Waals surface area contributed by atoms with E-state index in [1.165, 1.54) is 0 Å². The molecule has 0 fully saturated rings. The number of aliphatic hydroxyl groups excluding tert-OH is 1. The van der Waals surface area contributed by atoms with Gasteiger partial charge in [-0.2, -0.15) is 0 Å². The normalized spacial score (nSPS) is 27.3. The predicted molar refractivity (Wildman–Crippen MR) is 70.9 cm³/mol. The molecule has 1 aromatic rings. The van der Waals surface area contributed by atoms with Crippen LogP contribution in [0.25, 0.3) is 0 Å². The lowest BCUT2D eigenvalue weighted by Gasteiger charge is -2.26. The topological polar surface area (TPSA) is 54.4 Å². The van der Waals surface area contributed by atoms with Crippen LogP contribution in [0.1, 0.15) is 12.8 Å². The highest BCUT2D eigenvalue weighted by atomic mass is 32.2. The molecule has 18 heavy (non-hydrogen) atoms. The van der Waals surface area contributed by atoms with Crippen LogP contribution in [0.4, 0.5) is 0 Å². The van der Waals surface area contributed by atoms with E-state index in [2.05, 4.69) is 6.58 Å². The molecule has 0 amide bonds. The zero-order chi connectivity index (χ0) is 13.2. The summed E-state index contributed by atoms with van der Waals surface area (Å²) in [4.78, 5) is 0.283. The molecule has 2 rings (SSSR count). The number of aliphatic hydroxyl groups is 1. The average molecular weight is 264 g/mol. The van der Waals surface area contributed by atoms with Crippen LogP contribution >= 0.6 is 0 Å². The molecular formula is C14H16O3S. The smallest absolute Gasteiger partial charge is 0.188 e. The van der Waals surface area contributed by atoms with Gasteiger partial charge in [0.1, 0.15) is 4.75 Å². The minimum Gasteiger partial charge on any atom is -0.389 e. The first kappa shape index (κ1) is 13.1. The molecule has 2 atom stereocenters. The first-order valence-corrected chi connectivity index (χ1v) is 7.28. The largest absolute Gasteiger partial charge is 0.389 e. The number of rotatable bonds is 4. The molecule has 0 aromatic heterocycles. The summed E-state index contributed by atoms with van der Waals surface area (Å²) in [6.45, 7) is 3.62. The summed E-state index contributed by atoms with van der Waals surface area (Å²) < 4.78 is 24.3. The van der Waals surface area contributed by atoms with Crippen LogP contribution in [-0.2, 0) is 9.84 Å². The second-order valence-corrected chi connectivity index (χ2v) is 6.80. The maximum absolute atomic E-state index is 12.7. The van der Waals surface area contributed by atoms with Gasteiger partial charge < -0.3 is 5.11 Å². The summed E-state index contributed by atoms with van der Waals surface area (Å²) >= 11 is 0. The van der Waals surface area contributed by atoms with Crippen LogP contribution in [0.15, 0.2) is 60.0 Å². The maximum atomic E-state index is 12.7. The summed E-state index contributed by atoms with van der Waals surface area (Å²) in [5.74, 6) is 0. The Morgan fingerprint density at radius 3 is 2.56 bits per heavy atom. The van der Waals surface area contributed by atoms with E-state index in [4.69, 9.17) is 0 Å². The van der Waals surface area contributed by atoms with Crippen LogP contribution in [0.3, 0.4) is 0 Å². The van der Waals surface area contributed by atoms with Crippen molar-refractivity contribution < 1.29 is 13.5 Å². The van der Waals surface area contributed by atoms with Gasteiger partial charge in [0.15, 0.2) is 9.84 Å². The second kappa shape index (κ2) is 4.71. The summed E-state index contributed by atoms with van der Waals surface area (Å²) in [6.07, 6.45) is 4.52. The number of benzene rings is 1. The lowest BCUT2D eigenvalue weighted by molar-refractivity contribution is 0.213. The maximum Gasteiger partial charge on any atom is 0.188 e. The van der Waals surface area contributed by atoms with Crippen LogP contribution in [0, 0.1) is 0 Å². The zero-order valence-electron chi connectivity index (χ0n) is 9.99. The Hall–Kier alpha value is -1.39. The lowest BCUT2D eigenvalue weighted by Crippen LogP contribution is -2.36. The van der Waals surface area contributed by atoms with Crippen molar-refractivity contribution in [1.82, 2.24) is 0 Å². The molecule has 96 valence electrons. The van der Waals surface area contributed by atoms with Gasteiger partial charge in [0.05, 0.1) is 11.0 Å². The summed E-state index contributed by atoms with van der Waals surface area (Å²) in [5.41, 5.74) is 0. The Labute approximate surface area is 107 Å². The molecule has 0 radical (unpaired) electrons. The van der Waals surface area contributed by atoms with E-state index in [-0.39, 0.29) is 11.3 Å². The molecule has 0 spiro atoms. The van der Waals surface area contributed by atoms with Crippen LogP contribution < -0.4 is 0 Å². The Morgan fingerprint density at radius 2 is 2.06 bits per heavy atom. The van der Waals surface area contributed by atoms with Gasteiger partial charge in [0.25, 0.3) is 0 Å². The Morgan fingerprint density at radius 1 is 1.39 bits per heavy atom. The highest BCUT2D eigenvalue weighted by Crippen LogP contribution is 2.38. The molecule has 1 aliphatic rings. The molecule has 0 saturated carbocycles. The molecule has 0 bridgehead atoms. The Bertz CT molecular complexity index is 560. The minimum absolute atomic E-state index is 0.191. The van der Waals surface area contributed by atoms with Crippen LogP contribution in [0.2, 0.25) is 0 Å². The van der Waals surface area contributed by atoms with Crippen molar-refractivity contribution in [3.05, 3.63) is 55.1 Å². The van der Waals surface area contributed by atoms with Gasteiger partial charge in [-0.05, 0) is 18.6 Å². The number of allylic oxidation sites excluding steroid dienone is 1. The lowest BCUT2D eigenvalue weighted by atomic mass is 10.0. The monoisotopic (exact) mass is 264 g/mol. The van der Waals surface area contributed by atoms with Crippen molar-refractivity contribution in [2.45, 2.75) is 28.6 Å². The molecule has 1 aliphatic carbocycles. The van der Waals surface area contributed by atoms with E-state index in [0.29, 0.717) is 6.42 Å². The number of hydrogen-bond acceptors (Lipinski definition) is 3. The van der Waals surface area contributed by atoms with Gasteiger partial charge >= 0.3 is 0 Å². The quantitative estimate of drug-likeness (QED) is 0.847. The summed E-state index contributed by atoms with van der Waals surface area (Å²) in [7, 11) is -3.51. The highest BCUT2D eigenvalue weighted by molar-refractivity contribution is 7.93. The third-order valence-corrected chi connectivity index (χ3v) is 5.69. The van der Waals surface area contributed by atoms with E-state index >= 15 is 0 Å². The zero-order valence-corrected chi connectivity index (χ0v) is 10.8. The Kier molecular flexibility index (Phi) is 3.41. The van der Waals surface area contributed by atoms with E-state index in [9.17, 15) is 13.5 Å². The first-order valence-electron chi connectivity index (χ1n) is 5.80. The summed E-state index contributed by atoms with van der Waals surface area (Å²) in [6, 6.07) is 8.34. The molecule has 0 heterocycles. The van der Waals surface area contributed by atoms with Crippen molar-refractivity contribution in [3.8, 4) is 0 Å². The molecule has 1 unspecified atom stereocenters. The van der Waals surface area contributed by atoms with Gasteiger partial charge in [0, 0.05) is 6.42 Å². The molecule has 0 aliphatic heterocycles. The third-order valence-electron chi connectivity index (χ3n) is 3.26. The fourth-order valence-electron chi connectivity index (χ4n) is 2.32. The molecule has 3 nitrogen and oxygen atoms in total. The van der Waals surface area contributed by atoms with Crippen LogP contribution in [-0.4, -0.2) is 24.4 Å². The van der Waals surface area contributed by atoms with E-state index in [1.807, 2.05) is 0 Å². The highest BCUT2D eigenvalue weighted by Gasteiger charge is 2.45. The van der Waals surface area contributed by atoms with Crippen molar-refractivity contribution >= 4 is 9.84 Å². The minimum atomic E-state index is -3.51. The third kappa shape index (κ3) is 2.02. The van der Waals surface area contributed by atoms with Gasteiger partial charge in [-0.25, -0.2) is 8.42 Å². The predicted octanol–water partition coefficient (Wildman–Crippen LogP) is 2.10. The van der Waals surface area contributed by atoms with E-state index in [0.717, 1.165) is 0 Å².